The number of hydrogen-bond acceptors (Lipinski definition) is 2. The summed E-state index contributed by atoms with van der Waals surface area (Å²) in [5.41, 5.74) is -0.0375. The Morgan fingerprint density at radius 3 is 2.33 bits per heavy atom. The van der Waals surface area contributed by atoms with E-state index < -0.39 is 0 Å². The number of aliphatic hydroxyl groups excluding tert-OH is 1. The zero-order valence-electron chi connectivity index (χ0n) is 8.67. The van der Waals surface area contributed by atoms with Crippen molar-refractivity contribution in [1.82, 2.24) is 4.90 Å². The highest BCUT2D eigenvalue weighted by atomic mass is 16.3. The molecule has 0 aromatic heterocycles. The van der Waals surface area contributed by atoms with Crippen LogP contribution in [0.1, 0.15) is 34.1 Å². The molecule has 2 heteroatoms. The van der Waals surface area contributed by atoms with Gasteiger partial charge in [0.25, 0.3) is 0 Å². The molecule has 0 aromatic rings. The maximum absolute atomic E-state index is 9.22. The maximum atomic E-state index is 9.22. The molecule has 1 aliphatic heterocycles. The van der Waals surface area contributed by atoms with E-state index in [0.29, 0.717) is 6.04 Å². The molecule has 1 heterocycles. The van der Waals surface area contributed by atoms with Crippen molar-refractivity contribution < 1.29 is 5.11 Å². The molecular weight excluding hydrogens is 150 g/mol. The van der Waals surface area contributed by atoms with Crippen LogP contribution in [0.15, 0.2) is 0 Å². The van der Waals surface area contributed by atoms with Gasteiger partial charge in [0.1, 0.15) is 0 Å². The van der Waals surface area contributed by atoms with Gasteiger partial charge < -0.3 is 5.11 Å². The van der Waals surface area contributed by atoms with E-state index >= 15 is 0 Å². The van der Waals surface area contributed by atoms with Crippen molar-refractivity contribution in [2.45, 2.75) is 45.7 Å². The Kier molecular flexibility index (Phi) is 2.79. The molecule has 1 rings (SSSR count). The van der Waals surface area contributed by atoms with Crippen LogP contribution in [0.25, 0.3) is 0 Å². The molecule has 1 N–H and O–H groups in total. The first-order valence-electron chi connectivity index (χ1n) is 4.85. The minimum atomic E-state index is -0.0375. The number of hydrogen-bond donors (Lipinski definition) is 1. The highest BCUT2D eigenvalue weighted by Crippen LogP contribution is 2.29. The van der Waals surface area contributed by atoms with E-state index in [9.17, 15) is 5.11 Å². The Labute approximate surface area is 75.6 Å². The average Bonchev–Trinajstić information content (AvgIpc) is 2.31. The van der Waals surface area contributed by atoms with Crippen LogP contribution in [0.5, 0.6) is 0 Å². The van der Waals surface area contributed by atoms with Crippen LogP contribution >= 0.6 is 0 Å². The van der Waals surface area contributed by atoms with Crippen molar-refractivity contribution >= 4 is 0 Å². The number of rotatable bonds is 2. The molecule has 2 atom stereocenters. The third kappa shape index (κ3) is 1.80. The normalized spacial score (nSPS) is 32.8. The fourth-order valence-electron chi connectivity index (χ4n) is 2.23. The Balaban J connectivity index is 2.63. The van der Waals surface area contributed by atoms with Crippen molar-refractivity contribution in [2.24, 2.45) is 5.92 Å². The first-order chi connectivity index (χ1) is 5.47. The molecule has 0 saturated carbocycles. The summed E-state index contributed by atoms with van der Waals surface area (Å²) in [6.07, 6.45) is 1.27. The lowest BCUT2D eigenvalue weighted by atomic mass is 10.0. The molecule has 2 unspecified atom stereocenters. The van der Waals surface area contributed by atoms with Crippen LogP contribution in [0.4, 0.5) is 0 Å². The largest absolute Gasteiger partial charge is 0.394 e. The summed E-state index contributed by atoms with van der Waals surface area (Å²) in [4.78, 5) is 2.41. The lowest BCUT2D eigenvalue weighted by molar-refractivity contribution is 0.0505. The predicted octanol–water partition coefficient (Wildman–Crippen LogP) is 1.49. The molecule has 0 aliphatic carbocycles. The number of nitrogens with zero attached hydrogens (tertiary/aromatic N) is 1. The average molecular weight is 171 g/mol. The zero-order chi connectivity index (χ0) is 9.35. The first-order valence-corrected chi connectivity index (χ1v) is 4.85. The summed E-state index contributed by atoms with van der Waals surface area (Å²) < 4.78 is 0. The molecule has 0 aromatic carbocycles. The molecule has 0 radical (unpaired) electrons. The smallest absolute Gasteiger partial charge is 0.0610 e. The van der Waals surface area contributed by atoms with E-state index in [-0.39, 0.29) is 12.1 Å². The predicted molar refractivity (Wildman–Crippen MR) is 51.1 cm³/mol. The fourth-order valence-corrected chi connectivity index (χ4v) is 2.23. The van der Waals surface area contributed by atoms with Gasteiger partial charge in [0.2, 0.25) is 0 Å². The lowest BCUT2D eigenvalue weighted by Gasteiger charge is -2.37. The van der Waals surface area contributed by atoms with Gasteiger partial charge in [0, 0.05) is 18.1 Å². The van der Waals surface area contributed by atoms with Crippen molar-refractivity contribution in [2.75, 3.05) is 13.2 Å². The van der Waals surface area contributed by atoms with Crippen molar-refractivity contribution in [3.8, 4) is 0 Å². The van der Waals surface area contributed by atoms with Crippen molar-refractivity contribution in [1.29, 1.82) is 0 Å². The monoisotopic (exact) mass is 171 g/mol. The van der Waals surface area contributed by atoms with Gasteiger partial charge in [-0.2, -0.15) is 0 Å². The first kappa shape index (κ1) is 10.0. The molecule has 72 valence electrons. The summed E-state index contributed by atoms with van der Waals surface area (Å²) in [5.74, 6) is 0.783. The summed E-state index contributed by atoms with van der Waals surface area (Å²) in [6, 6.07) is 0.627. The van der Waals surface area contributed by atoms with Crippen molar-refractivity contribution in [3.63, 3.8) is 0 Å². The summed E-state index contributed by atoms with van der Waals surface area (Å²) in [6.45, 7) is 10.1. The Bertz CT molecular complexity index is 156. The van der Waals surface area contributed by atoms with Gasteiger partial charge in [0.15, 0.2) is 0 Å². The van der Waals surface area contributed by atoms with Crippen LogP contribution in [0.3, 0.4) is 0 Å². The van der Waals surface area contributed by atoms with Gasteiger partial charge in [-0.25, -0.2) is 0 Å². The van der Waals surface area contributed by atoms with E-state index in [4.69, 9.17) is 0 Å². The molecule has 0 bridgehead atoms. The van der Waals surface area contributed by atoms with E-state index in [2.05, 4.69) is 32.6 Å². The summed E-state index contributed by atoms with van der Waals surface area (Å²) in [7, 11) is 0. The van der Waals surface area contributed by atoms with Crippen LogP contribution in [-0.2, 0) is 0 Å². The topological polar surface area (TPSA) is 23.5 Å². The quantitative estimate of drug-likeness (QED) is 0.680. The molecule has 1 saturated heterocycles. The standard InChI is InChI=1S/C10H21NO/c1-8-5-9(2)11(6-8)10(3,4)7-12/h8-9,12H,5-7H2,1-4H3. The van der Waals surface area contributed by atoms with Gasteiger partial charge in [-0.3, -0.25) is 4.90 Å². The zero-order valence-corrected chi connectivity index (χ0v) is 8.67. The van der Waals surface area contributed by atoms with E-state index in [1.807, 2.05) is 0 Å². The van der Waals surface area contributed by atoms with Crippen LogP contribution < -0.4 is 0 Å². The third-order valence-electron chi connectivity index (χ3n) is 2.95. The fraction of sp³-hybridized carbons (Fsp3) is 1.00. The molecule has 2 nitrogen and oxygen atoms in total. The van der Waals surface area contributed by atoms with Gasteiger partial charge in [0.05, 0.1) is 6.61 Å². The minimum absolute atomic E-state index is 0.0375. The van der Waals surface area contributed by atoms with Crippen LogP contribution in [0, 0.1) is 5.92 Å². The van der Waals surface area contributed by atoms with Gasteiger partial charge in [-0.15, -0.1) is 0 Å². The second-order valence-corrected chi connectivity index (χ2v) is 4.81. The Morgan fingerprint density at radius 1 is 1.42 bits per heavy atom. The molecule has 12 heavy (non-hydrogen) atoms. The van der Waals surface area contributed by atoms with Crippen LogP contribution in [0.2, 0.25) is 0 Å². The second kappa shape index (κ2) is 3.35. The lowest BCUT2D eigenvalue weighted by Crippen LogP contribution is -2.48. The third-order valence-corrected chi connectivity index (χ3v) is 2.95. The number of likely N-dealkylation sites (tertiary alicyclic amines) is 1. The molecule has 0 amide bonds. The molecular formula is C10H21NO. The minimum Gasteiger partial charge on any atom is -0.394 e. The summed E-state index contributed by atoms with van der Waals surface area (Å²) in [5, 5.41) is 9.22. The van der Waals surface area contributed by atoms with Gasteiger partial charge >= 0.3 is 0 Å². The van der Waals surface area contributed by atoms with E-state index in [0.717, 1.165) is 12.5 Å². The highest BCUT2D eigenvalue weighted by Gasteiger charge is 2.35. The van der Waals surface area contributed by atoms with Crippen molar-refractivity contribution in [3.05, 3.63) is 0 Å². The van der Waals surface area contributed by atoms with E-state index in [1.165, 1.54) is 6.42 Å². The van der Waals surface area contributed by atoms with Gasteiger partial charge in [-0.1, -0.05) is 6.92 Å². The highest BCUT2D eigenvalue weighted by molar-refractivity contribution is 4.90. The van der Waals surface area contributed by atoms with Crippen LogP contribution in [-0.4, -0.2) is 34.7 Å². The summed E-state index contributed by atoms with van der Waals surface area (Å²) >= 11 is 0. The Hall–Kier alpha value is -0.0800. The molecule has 1 fully saturated rings. The number of aliphatic hydroxyl groups is 1. The molecule has 0 spiro atoms. The van der Waals surface area contributed by atoms with E-state index in [1.54, 1.807) is 0 Å². The molecule has 1 aliphatic rings. The Morgan fingerprint density at radius 2 is 2.00 bits per heavy atom. The SMILES string of the molecule is CC1CC(C)N(C(C)(C)CO)C1. The maximum Gasteiger partial charge on any atom is 0.0610 e. The van der Waals surface area contributed by atoms with Gasteiger partial charge in [-0.05, 0) is 33.1 Å². The second-order valence-electron chi connectivity index (χ2n) is 4.81.